The molecule has 0 amide bonds. The van der Waals surface area contributed by atoms with Crippen molar-refractivity contribution in [1.82, 2.24) is 4.90 Å². The molecule has 118 valence electrons. The maximum atomic E-state index is 12.3. The highest BCUT2D eigenvalue weighted by Crippen LogP contribution is 2.15. The highest BCUT2D eigenvalue weighted by atomic mass is 32.2. The fourth-order valence-corrected chi connectivity index (χ4v) is 2.40. The summed E-state index contributed by atoms with van der Waals surface area (Å²) in [6.07, 6.45) is 2.94. The molecule has 0 saturated heterocycles. The Morgan fingerprint density at radius 2 is 1.76 bits per heavy atom. The molecular formula is C16H25NO3S. The van der Waals surface area contributed by atoms with Crippen LogP contribution in [-0.4, -0.2) is 64.0 Å². The smallest absolute Gasteiger partial charge is 0.176 e. The van der Waals surface area contributed by atoms with Gasteiger partial charge >= 0.3 is 0 Å². The number of rotatable bonds is 11. The molecule has 0 aliphatic carbocycles. The van der Waals surface area contributed by atoms with Gasteiger partial charge in [0.25, 0.3) is 0 Å². The van der Waals surface area contributed by atoms with Gasteiger partial charge in [-0.1, -0.05) is 12.1 Å². The second-order valence-corrected chi connectivity index (χ2v) is 5.65. The molecule has 0 fully saturated rings. The Balaban J connectivity index is 2.55. The first-order chi connectivity index (χ1) is 10.2. The predicted molar refractivity (Wildman–Crippen MR) is 87.4 cm³/mol. The average Bonchev–Trinajstić information content (AvgIpc) is 2.52. The number of ketones is 1. The van der Waals surface area contributed by atoms with E-state index in [1.165, 1.54) is 4.90 Å². The van der Waals surface area contributed by atoms with Crippen LogP contribution in [0.25, 0.3) is 0 Å². The predicted octanol–water partition coefficient (Wildman–Crippen LogP) is 2.58. The maximum absolute atomic E-state index is 12.3. The SMILES string of the molecule is COCCCN(CCOC)CC(=O)c1ccc(SC)cc1. The number of methoxy groups -OCH3 is 2. The van der Waals surface area contributed by atoms with E-state index >= 15 is 0 Å². The first kappa shape index (κ1) is 18.2. The maximum Gasteiger partial charge on any atom is 0.176 e. The van der Waals surface area contributed by atoms with Gasteiger partial charge in [-0.15, -0.1) is 11.8 Å². The first-order valence-electron chi connectivity index (χ1n) is 7.08. The summed E-state index contributed by atoms with van der Waals surface area (Å²) in [6, 6.07) is 7.78. The lowest BCUT2D eigenvalue weighted by molar-refractivity contribution is 0.0877. The van der Waals surface area contributed by atoms with Crippen LogP contribution in [0.5, 0.6) is 0 Å². The highest BCUT2D eigenvalue weighted by Gasteiger charge is 2.12. The van der Waals surface area contributed by atoms with E-state index in [0.717, 1.165) is 25.1 Å². The number of Topliss-reactive ketones (excluding diaryl/α,β-unsaturated/α-hetero) is 1. The van der Waals surface area contributed by atoms with Crippen LogP contribution in [0.1, 0.15) is 16.8 Å². The summed E-state index contributed by atoms with van der Waals surface area (Å²) in [6.45, 7) is 3.36. The van der Waals surface area contributed by atoms with Crippen molar-refractivity contribution < 1.29 is 14.3 Å². The molecule has 0 saturated carbocycles. The number of hydrogen-bond acceptors (Lipinski definition) is 5. The van der Waals surface area contributed by atoms with E-state index < -0.39 is 0 Å². The quantitative estimate of drug-likeness (QED) is 0.357. The Labute approximate surface area is 131 Å². The van der Waals surface area contributed by atoms with Crippen molar-refractivity contribution in [2.75, 3.05) is 53.3 Å². The number of carbonyl (C=O) groups is 1. The van der Waals surface area contributed by atoms with Crippen LogP contribution in [-0.2, 0) is 9.47 Å². The van der Waals surface area contributed by atoms with Crippen molar-refractivity contribution in [2.45, 2.75) is 11.3 Å². The fraction of sp³-hybridized carbons (Fsp3) is 0.562. The summed E-state index contributed by atoms with van der Waals surface area (Å²) in [7, 11) is 3.37. The molecule has 1 aromatic rings. The van der Waals surface area contributed by atoms with Crippen LogP contribution in [0.2, 0.25) is 0 Å². The fourth-order valence-electron chi connectivity index (χ4n) is 1.99. The molecule has 0 radical (unpaired) electrons. The zero-order valence-electron chi connectivity index (χ0n) is 13.1. The van der Waals surface area contributed by atoms with E-state index in [2.05, 4.69) is 4.90 Å². The Bertz CT molecular complexity index is 408. The topological polar surface area (TPSA) is 38.8 Å². The molecule has 0 unspecified atom stereocenters. The lowest BCUT2D eigenvalue weighted by Crippen LogP contribution is -2.34. The van der Waals surface area contributed by atoms with Gasteiger partial charge in [0.1, 0.15) is 0 Å². The molecule has 5 heteroatoms. The zero-order chi connectivity index (χ0) is 15.5. The lowest BCUT2D eigenvalue weighted by Gasteiger charge is -2.21. The minimum atomic E-state index is 0.149. The summed E-state index contributed by atoms with van der Waals surface area (Å²) in [5, 5.41) is 0. The minimum Gasteiger partial charge on any atom is -0.385 e. The van der Waals surface area contributed by atoms with E-state index in [9.17, 15) is 4.79 Å². The van der Waals surface area contributed by atoms with E-state index in [1.807, 2.05) is 30.5 Å². The molecule has 21 heavy (non-hydrogen) atoms. The third-order valence-electron chi connectivity index (χ3n) is 3.21. The molecule has 1 rings (SSSR count). The van der Waals surface area contributed by atoms with E-state index in [4.69, 9.17) is 9.47 Å². The molecule has 0 bridgehead atoms. The monoisotopic (exact) mass is 311 g/mol. The normalized spacial score (nSPS) is 11.0. The molecule has 4 nitrogen and oxygen atoms in total. The number of nitrogens with zero attached hydrogens (tertiary/aromatic N) is 1. The van der Waals surface area contributed by atoms with Gasteiger partial charge in [0.05, 0.1) is 13.2 Å². The molecule has 1 aromatic carbocycles. The van der Waals surface area contributed by atoms with Gasteiger partial charge in [-0.25, -0.2) is 0 Å². The first-order valence-corrected chi connectivity index (χ1v) is 8.31. The molecule has 0 aliphatic rings. The van der Waals surface area contributed by atoms with Gasteiger partial charge in [-0.3, -0.25) is 9.69 Å². The van der Waals surface area contributed by atoms with Gasteiger partial charge in [-0.05, 0) is 24.8 Å². The van der Waals surface area contributed by atoms with Crippen molar-refractivity contribution in [3.8, 4) is 0 Å². The minimum absolute atomic E-state index is 0.149. The second-order valence-electron chi connectivity index (χ2n) is 4.77. The van der Waals surface area contributed by atoms with E-state index in [-0.39, 0.29) is 5.78 Å². The molecule has 0 atom stereocenters. The van der Waals surface area contributed by atoms with Crippen molar-refractivity contribution in [3.05, 3.63) is 29.8 Å². The third-order valence-corrected chi connectivity index (χ3v) is 3.96. The molecule has 0 aromatic heterocycles. The van der Waals surface area contributed by atoms with Gasteiger partial charge in [0, 0.05) is 44.4 Å². The van der Waals surface area contributed by atoms with Crippen LogP contribution < -0.4 is 0 Å². The van der Waals surface area contributed by atoms with E-state index in [1.54, 1.807) is 26.0 Å². The van der Waals surface area contributed by atoms with Crippen LogP contribution >= 0.6 is 11.8 Å². The second kappa shape index (κ2) is 10.8. The number of ether oxygens (including phenoxy) is 2. The summed E-state index contributed by atoms with van der Waals surface area (Å²) in [5.74, 6) is 0.149. The van der Waals surface area contributed by atoms with Crippen LogP contribution in [0.3, 0.4) is 0 Å². The summed E-state index contributed by atoms with van der Waals surface area (Å²) < 4.78 is 10.2. The van der Waals surface area contributed by atoms with Crippen LogP contribution in [0.4, 0.5) is 0 Å². The van der Waals surface area contributed by atoms with Crippen molar-refractivity contribution >= 4 is 17.5 Å². The highest BCUT2D eigenvalue weighted by molar-refractivity contribution is 7.98. The number of hydrogen-bond donors (Lipinski definition) is 0. The number of benzene rings is 1. The Morgan fingerprint density at radius 1 is 1.10 bits per heavy atom. The largest absolute Gasteiger partial charge is 0.385 e. The van der Waals surface area contributed by atoms with Crippen LogP contribution in [0, 0.1) is 0 Å². The summed E-state index contributed by atoms with van der Waals surface area (Å²) in [5.41, 5.74) is 0.766. The Morgan fingerprint density at radius 3 is 2.33 bits per heavy atom. The standard InChI is InChI=1S/C16H25NO3S/c1-19-11-4-9-17(10-12-20-2)13-16(18)14-5-7-15(21-3)8-6-14/h5-8H,4,9-13H2,1-3H3. The van der Waals surface area contributed by atoms with E-state index in [0.29, 0.717) is 19.8 Å². The molecular weight excluding hydrogens is 286 g/mol. The zero-order valence-corrected chi connectivity index (χ0v) is 13.9. The van der Waals surface area contributed by atoms with Gasteiger partial charge in [0.15, 0.2) is 5.78 Å². The Kier molecular flexibility index (Phi) is 9.34. The summed E-state index contributed by atoms with van der Waals surface area (Å²) >= 11 is 1.68. The number of thioether (sulfide) groups is 1. The average molecular weight is 311 g/mol. The summed E-state index contributed by atoms with van der Waals surface area (Å²) in [4.78, 5) is 15.6. The molecule has 0 spiro atoms. The third kappa shape index (κ3) is 7.09. The van der Waals surface area contributed by atoms with Gasteiger partial charge < -0.3 is 9.47 Å². The van der Waals surface area contributed by atoms with Gasteiger partial charge in [0.2, 0.25) is 0 Å². The number of carbonyl (C=O) groups excluding carboxylic acids is 1. The van der Waals surface area contributed by atoms with Crippen LogP contribution in [0.15, 0.2) is 29.2 Å². The van der Waals surface area contributed by atoms with Crippen molar-refractivity contribution in [3.63, 3.8) is 0 Å². The molecule has 0 heterocycles. The van der Waals surface area contributed by atoms with Crippen molar-refractivity contribution in [1.29, 1.82) is 0 Å². The molecule has 0 aliphatic heterocycles. The Hall–Kier alpha value is -0.880. The van der Waals surface area contributed by atoms with Crippen molar-refractivity contribution in [2.24, 2.45) is 0 Å². The lowest BCUT2D eigenvalue weighted by atomic mass is 10.1. The van der Waals surface area contributed by atoms with Gasteiger partial charge in [-0.2, -0.15) is 0 Å². The molecule has 0 N–H and O–H groups in total.